The summed E-state index contributed by atoms with van der Waals surface area (Å²) < 4.78 is 0. The van der Waals surface area contributed by atoms with E-state index in [9.17, 15) is 4.79 Å². The van der Waals surface area contributed by atoms with Crippen molar-refractivity contribution < 1.29 is 4.79 Å². The van der Waals surface area contributed by atoms with Crippen molar-refractivity contribution in [2.75, 3.05) is 19.6 Å². The number of hydrogen-bond acceptors (Lipinski definition) is 5. The topological polar surface area (TPSA) is 60.5 Å². The number of carbonyl (C=O) groups excluding carboxylic acids is 1. The number of nitrogens with one attached hydrogen (secondary N) is 2. The zero-order valence-electron chi connectivity index (χ0n) is 15.1. The third kappa shape index (κ3) is 3.43. The summed E-state index contributed by atoms with van der Waals surface area (Å²) in [7, 11) is 0. The zero-order valence-corrected chi connectivity index (χ0v) is 15.1. The summed E-state index contributed by atoms with van der Waals surface area (Å²) in [5, 5.41) is 0. The normalized spacial score (nSPS) is 33.2. The minimum atomic E-state index is -0.0710. The molecule has 0 saturated carbocycles. The van der Waals surface area contributed by atoms with Gasteiger partial charge in [0.1, 0.15) is 6.04 Å². The van der Waals surface area contributed by atoms with Crippen molar-refractivity contribution in [2.24, 2.45) is 0 Å². The van der Waals surface area contributed by atoms with E-state index in [-0.39, 0.29) is 17.5 Å². The summed E-state index contributed by atoms with van der Waals surface area (Å²) in [5.41, 5.74) is 7.77. The molecule has 6 heteroatoms. The summed E-state index contributed by atoms with van der Waals surface area (Å²) in [6.45, 7) is 5.95. The molecule has 0 aliphatic carbocycles. The number of hydrazine groups is 1. The first-order valence-electron chi connectivity index (χ1n) is 9.60. The van der Waals surface area contributed by atoms with Crippen molar-refractivity contribution in [1.82, 2.24) is 25.6 Å². The molecule has 3 saturated heterocycles. The SMILES string of the molecule is CC1CC(C(=O)N2CCCC3(CCCN3Cc3cccnc3)C2)NN1. The third-order valence-corrected chi connectivity index (χ3v) is 6.10. The number of piperidine rings is 1. The lowest BCUT2D eigenvalue weighted by molar-refractivity contribution is -0.137. The van der Waals surface area contributed by atoms with Gasteiger partial charge < -0.3 is 4.90 Å². The van der Waals surface area contributed by atoms with Gasteiger partial charge in [-0.1, -0.05) is 6.07 Å². The molecular formula is C19H29N5O. The summed E-state index contributed by atoms with van der Waals surface area (Å²) in [4.78, 5) is 21.9. The second-order valence-corrected chi connectivity index (χ2v) is 7.95. The van der Waals surface area contributed by atoms with Gasteiger partial charge in [-0.15, -0.1) is 0 Å². The molecule has 3 aliphatic rings. The van der Waals surface area contributed by atoms with E-state index in [1.165, 1.54) is 24.8 Å². The lowest BCUT2D eigenvalue weighted by Gasteiger charge is -2.46. The van der Waals surface area contributed by atoms with Gasteiger partial charge in [-0.05, 0) is 57.2 Å². The number of aromatic nitrogens is 1. The highest BCUT2D eigenvalue weighted by Crippen LogP contribution is 2.38. The van der Waals surface area contributed by atoms with E-state index in [1.54, 1.807) is 0 Å². The van der Waals surface area contributed by atoms with Crippen LogP contribution in [0.15, 0.2) is 24.5 Å². The van der Waals surface area contributed by atoms with Crippen LogP contribution in [0.3, 0.4) is 0 Å². The van der Waals surface area contributed by atoms with E-state index in [1.807, 2.05) is 18.5 Å². The Morgan fingerprint density at radius 3 is 2.88 bits per heavy atom. The van der Waals surface area contributed by atoms with E-state index in [0.29, 0.717) is 6.04 Å². The predicted octanol–water partition coefficient (Wildman–Crippen LogP) is 1.29. The van der Waals surface area contributed by atoms with Gasteiger partial charge in [0.25, 0.3) is 0 Å². The number of likely N-dealkylation sites (tertiary alicyclic amines) is 2. The fourth-order valence-corrected chi connectivity index (χ4v) is 4.81. The van der Waals surface area contributed by atoms with Crippen molar-refractivity contribution in [2.45, 2.75) is 63.2 Å². The second kappa shape index (κ2) is 7.02. The fourth-order valence-electron chi connectivity index (χ4n) is 4.81. The highest BCUT2D eigenvalue weighted by atomic mass is 16.2. The minimum absolute atomic E-state index is 0.0710. The summed E-state index contributed by atoms with van der Waals surface area (Å²) in [5.74, 6) is 0.268. The standard InChI is InChI=1S/C19H29N5O/c1-15-11-17(22-21-15)18(25)23-9-3-6-19(14-23)7-4-10-24(19)13-16-5-2-8-20-12-16/h2,5,8,12,15,17,21-22H,3-4,6-7,9-11,13-14H2,1H3. The molecule has 1 aromatic rings. The fraction of sp³-hybridized carbons (Fsp3) is 0.684. The first-order valence-corrected chi connectivity index (χ1v) is 9.60. The summed E-state index contributed by atoms with van der Waals surface area (Å²) >= 11 is 0. The average molecular weight is 343 g/mol. The molecule has 0 aromatic carbocycles. The molecule has 0 bridgehead atoms. The largest absolute Gasteiger partial charge is 0.339 e. The van der Waals surface area contributed by atoms with Gasteiger partial charge in [0.15, 0.2) is 0 Å². The Morgan fingerprint density at radius 2 is 2.16 bits per heavy atom. The van der Waals surface area contributed by atoms with Gasteiger partial charge in [-0.25, -0.2) is 5.43 Å². The minimum Gasteiger partial charge on any atom is -0.339 e. The predicted molar refractivity (Wildman–Crippen MR) is 96.6 cm³/mol. The van der Waals surface area contributed by atoms with Gasteiger partial charge in [-0.3, -0.25) is 20.1 Å². The number of amides is 1. The Balaban J connectivity index is 1.46. The Morgan fingerprint density at radius 1 is 1.32 bits per heavy atom. The maximum Gasteiger partial charge on any atom is 0.241 e. The Bertz CT molecular complexity index is 609. The molecule has 4 heterocycles. The highest BCUT2D eigenvalue weighted by molar-refractivity contribution is 5.82. The lowest BCUT2D eigenvalue weighted by atomic mass is 9.85. The van der Waals surface area contributed by atoms with Crippen molar-refractivity contribution in [1.29, 1.82) is 0 Å². The van der Waals surface area contributed by atoms with Crippen LogP contribution in [0, 0.1) is 0 Å². The molecule has 136 valence electrons. The van der Waals surface area contributed by atoms with Crippen LogP contribution in [0.4, 0.5) is 0 Å². The van der Waals surface area contributed by atoms with Gasteiger partial charge in [0.05, 0.1) is 0 Å². The average Bonchev–Trinajstić information content (AvgIpc) is 3.22. The van der Waals surface area contributed by atoms with Crippen LogP contribution < -0.4 is 10.9 Å². The van der Waals surface area contributed by atoms with Gasteiger partial charge in [0, 0.05) is 43.6 Å². The smallest absolute Gasteiger partial charge is 0.241 e. The molecule has 1 aromatic heterocycles. The number of carbonyl (C=O) groups is 1. The zero-order chi connectivity index (χ0) is 17.3. The molecular weight excluding hydrogens is 314 g/mol. The Labute approximate surface area is 149 Å². The number of nitrogens with zero attached hydrogens (tertiary/aromatic N) is 3. The number of rotatable bonds is 3. The van der Waals surface area contributed by atoms with Gasteiger partial charge >= 0.3 is 0 Å². The quantitative estimate of drug-likeness (QED) is 0.866. The summed E-state index contributed by atoms with van der Waals surface area (Å²) in [6, 6.07) is 4.45. The first kappa shape index (κ1) is 16.9. The number of pyridine rings is 1. The van der Waals surface area contributed by atoms with Crippen LogP contribution in [0.25, 0.3) is 0 Å². The maximum absolute atomic E-state index is 12.9. The Kier molecular flexibility index (Phi) is 4.75. The first-order chi connectivity index (χ1) is 12.2. The molecule has 25 heavy (non-hydrogen) atoms. The van der Waals surface area contributed by atoms with Crippen molar-refractivity contribution in [3.63, 3.8) is 0 Å². The number of hydrogen-bond donors (Lipinski definition) is 2. The van der Waals surface area contributed by atoms with E-state index in [4.69, 9.17) is 0 Å². The van der Waals surface area contributed by atoms with Gasteiger partial charge in [0.2, 0.25) is 5.91 Å². The second-order valence-electron chi connectivity index (χ2n) is 7.95. The molecule has 1 amide bonds. The van der Waals surface area contributed by atoms with Crippen LogP contribution in [0.2, 0.25) is 0 Å². The summed E-state index contributed by atoms with van der Waals surface area (Å²) in [6.07, 6.45) is 9.39. The van der Waals surface area contributed by atoms with E-state index in [0.717, 1.165) is 39.0 Å². The molecule has 4 rings (SSSR count). The van der Waals surface area contributed by atoms with Crippen molar-refractivity contribution >= 4 is 5.91 Å². The van der Waals surface area contributed by atoms with Crippen LogP contribution >= 0.6 is 0 Å². The van der Waals surface area contributed by atoms with E-state index < -0.39 is 0 Å². The van der Waals surface area contributed by atoms with Crippen LogP contribution in [0.1, 0.15) is 44.6 Å². The van der Waals surface area contributed by atoms with Crippen LogP contribution in [0.5, 0.6) is 0 Å². The Hall–Kier alpha value is -1.50. The molecule has 2 N–H and O–H groups in total. The van der Waals surface area contributed by atoms with Crippen molar-refractivity contribution in [3.8, 4) is 0 Å². The molecule has 3 unspecified atom stereocenters. The molecule has 3 atom stereocenters. The third-order valence-electron chi connectivity index (χ3n) is 6.10. The van der Waals surface area contributed by atoms with Crippen molar-refractivity contribution in [3.05, 3.63) is 30.1 Å². The van der Waals surface area contributed by atoms with E-state index >= 15 is 0 Å². The van der Waals surface area contributed by atoms with Gasteiger partial charge in [-0.2, -0.15) is 0 Å². The van der Waals surface area contributed by atoms with Crippen LogP contribution in [-0.2, 0) is 11.3 Å². The molecule has 1 spiro atoms. The molecule has 0 radical (unpaired) electrons. The molecule has 6 nitrogen and oxygen atoms in total. The lowest BCUT2D eigenvalue weighted by Crippen LogP contribution is -2.59. The van der Waals surface area contributed by atoms with Crippen LogP contribution in [-0.4, -0.2) is 57.9 Å². The monoisotopic (exact) mass is 343 g/mol. The van der Waals surface area contributed by atoms with E-state index in [2.05, 4.69) is 38.6 Å². The molecule has 3 fully saturated rings. The highest BCUT2D eigenvalue weighted by Gasteiger charge is 2.45. The molecule has 3 aliphatic heterocycles. The maximum atomic E-state index is 12.9.